The molecule has 0 aromatic carbocycles. The number of nitrogens with zero attached hydrogens (tertiary/aromatic N) is 1. The molecule has 5 heteroatoms. The van der Waals surface area contributed by atoms with Gasteiger partial charge in [-0.25, -0.2) is 0 Å². The van der Waals surface area contributed by atoms with Crippen LogP contribution in [0.5, 0.6) is 0 Å². The lowest BCUT2D eigenvalue weighted by Crippen LogP contribution is -2.53. The molecule has 1 N–H and O–H groups in total. The van der Waals surface area contributed by atoms with Crippen molar-refractivity contribution in [1.29, 1.82) is 0 Å². The molecule has 2 heterocycles. The first kappa shape index (κ1) is 12.1. The summed E-state index contributed by atoms with van der Waals surface area (Å²) in [6.07, 6.45) is 0.436. The monoisotopic (exact) mass is 253 g/mol. The number of carbonyl (C=O) groups is 2. The van der Waals surface area contributed by atoms with Crippen LogP contribution in [0.25, 0.3) is 0 Å². The minimum Gasteiger partial charge on any atom is -0.481 e. The van der Waals surface area contributed by atoms with Crippen LogP contribution in [0.15, 0.2) is 17.5 Å². The molecule has 0 saturated carbocycles. The molecule has 0 spiro atoms. The summed E-state index contributed by atoms with van der Waals surface area (Å²) in [6.45, 7) is 2.86. The number of carboxylic acids is 1. The Kier molecular flexibility index (Phi) is 3.47. The lowest BCUT2D eigenvalue weighted by atomic mass is 9.87. The quantitative estimate of drug-likeness (QED) is 0.884. The molecule has 0 bridgehead atoms. The number of aliphatic carboxylic acids is 1. The average Bonchev–Trinajstić information content (AvgIpc) is 2.67. The number of hydrogen-bond donors (Lipinski definition) is 1. The Hall–Kier alpha value is -1.36. The fraction of sp³-hybridized carbons (Fsp3) is 0.500. The highest BCUT2D eigenvalue weighted by Crippen LogP contribution is 2.25. The molecule has 1 aliphatic heterocycles. The third-order valence-corrected chi connectivity index (χ3v) is 4.14. The molecular formula is C12H15NO3S. The molecule has 1 amide bonds. The second-order valence-electron chi connectivity index (χ2n) is 4.44. The maximum Gasteiger partial charge on any atom is 0.306 e. The molecule has 0 radical (unpaired) electrons. The van der Waals surface area contributed by atoms with E-state index in [2.05, 4.69) is 0 Å². The van der Waals surface area contributed by atoms with Gasteiger partial charge in [-0.2, -0.15) is 0 Å². The number of thiophene rings is 1. The first-order chi connectivity index (χ1) is 8.08. The van der Waals surface area contributed by atoms with E-state index in [4.69, 9.17) is 5.11 Å². The second-order valence-corrected chi connectivity index (χ2v) is 5.47. The highest BCUT2D eigenvalue weighted by molar-refractivity contribution is 7.10. The Morgan fingerprint density at radius 3 is 2.82 bits per heavy atom. The molecular weight excluding hydrogens is 238 g/mol. The maximum absolute atomic E-state index is 11.8. The molecule has 92 valence electrons. The molecule has 4 nitrogen and oxygen atoms in total. The van der Waals surface area contributed by atoms with Crippen molar-refractivity contribution in [2.45, 2.75) is 13.3 Å². The first-order valence-electron chi connectivity index (χ1n) is 5.61. The topological polar surface area (TPSA) is 57.6 Å². The van der Waals surface area contributed by atoms with E-state index in [1.165, 1.54) is 0 Å². The summed E-state index contributed by atoms with van der Waals surface area (Å²) in [7, 11) is 0. The summed E-state index contributed by atoms with van der Waals surface area (Å²) in [5.41, 5.74) is 0. The summed E-state index contributed by atoms with van der Waals surface area (Å²) >= 11 is 1.57. The summed E-state index contributed by atoms with van der Waals surface area (Å²) in [6, 6.07) is 3.87. The number of carbonyl (C=O) groups excluding carboxylic acids is 1. The van der Waals surface area contributed by atoms with E-state index in [0.29, 0.717) is 19.5 Å². The highest BCUT2D eigenvalue weighted by Gasteiger charge is 2.36. The molecule has 1 unspecified atom stereocenters. The van der Waals surface area contributed by atoms with Gasteiger partial charge in [-0.1, -0.05) is 13.0 Å². The average molecular weight is 253 g/mol. The van der Waals surface area contributed by atoms with Crippen molar-refractivity contribution in [1.82, 2.24) is 4.90 Å². The predicted octanol–water partition coefficient (Wildman–Crippen LogP) is 1.47. The van der Waals surface area contributed by atoms with Gasteiger partial charge in [-0.3, -0.25) is 9.59 Å². The van der Waals surface area contributed by atoms with Crippen LogP contribution < -0.4 is 0 Å². The van der Waals surface area contributed by atoms with Gasteiger partial charge in [-0.05, 0) is 11.4 Å². The smallest absolute Gasteiger partial charge is 0.306 e. The molecule has 0 aliphatic carbocycles. The maximum atomic E-state index is 11.8. The third-order valence-electron chi connectivity index (χ3n) is 3.26. The summed E-state index contributed by atoms with van der Waals surface area (Å²) in [5, 5.41) is 10.8. The predicted molar refractivity (Wildman–Crippen MR) is 64.9 cm³/mol. The third kappa shape index (κ3) is 2.66. The minimum absolute atomic E-state index is 0.0984. The Labute approximate surface area is 104 Å². The van der Waals surface area contributed by atoms with Crippen molar-refractivity contribution < 1.29 is 14.7 Å². The summed E-state index contributed by atoms with van der Waals surface area (Å²) < 4.78 is 0. The van der Waals surface area contributed by atoms with E-state index in [1.54, 1.807) is 23.2 Å². The second kappa shape index (κ2) is 4.87. The largest absolute Gasteiger partial charge is 0.481 e. The molecule has 17 heavy (non-hydrogen) atoms. The normalized spacial score (nSPS) is 17.6. The molecule has 2 rings (SSSR count). The molecule has 1 atom stereocenters. The minimum atomic E-state index is -0.777. The zero-order valence-electron chi connectivity index (χ0n) is 9.63. The first-order valence-corrected chi connectivity index (χ1v) is 6.49. The lowest BCUT2D eigenvalue weighted by molar-refractivity contribution is -0.150. The molecule has 1 saturated heterocycles. The van der Waals surface area contributed by atoms with Crippen molar-refractivity contribution in [3.8, 4) is 0 Å². The van der Waals surface area contributed by atoms with Gasteiger partial charge < -0.3 is 10.0 Å². The van der Waals surface area contributed by atoms with Gasteiger partial charge in [0.15, 0.2) is 0 Å². The van der Waals surface area contributed by atoms with E-state index in [0.717, 1.165) is 4.88 Å². The van der Waals surface area contributed by atoms with Crippen LogP contribution in [0.1, 0.15) is 11.8 Å². The van der Waals surface area contributed by atoms with Gasteiger partial charge >= 0.3 is 5.97 Å². The molecule has 1 fully saturated rings. The van der Waals surface area contributed by atoms with Crippen molar-refractivity contribution in [3.05, 3.63) is 22.4 Å². The van der Waals surface area contributed by atoms with Crippen LogP contribution in [0.3, 0.4) is 0 Å². The standard InChI is InChI=1S/C12H15NO3S/c1-8(12(15)16)9-6-13(7-9)11(14)5-10-3-2-4-17-10/h2-4,8-9H,5-7H2,1H3,(H,15,16). The SMILES string of the molecule is CC(C(=O)O)C1CN(C(=O)Cc2cccs2)C1. The van der Waals surface area contributed by atoms with Crippen molar-refractivity contribution in [2.24, 2.45) is 11.8 Å². The van der Waals surface area contributed by atoms with Gasteiger partial charge in [0.05, 0.1) is 12.3 Å². The number of carboxylic acid groups (broad SMARTS) is 1. The number of amides is 1. The van der Waals surface area contributed by atoms with Crippen LogP contribution in [0, 0.1) is 11.8 Å². The fourth-order valence-corrected chi connectivity index (χ4v) is 2.60. The fourth-order valence-electron chi connectivity index (χ4n) is 1.91. The zero-order chi connectivity index (χ0) is 12.4. The van der Waals surface area contributed by atoms with Crippen LogP contribution >= 0.6 is 11.3 Å². The lowest BCUT2D eigenvalue weighted by Gasteiger charge is -2.41. The van der Waals surface area contributed by atoms with Gasteiger partial charge in [0.25, 0.3) is 0 Å². The van der Waals surface area contributed by atoms with Crippen LogP contribution in [-0.2, 0) is 16.0 Å². The van der Waals surface area contributed by atoms with Gasteiger partial charge in [0.1, 0.15) is 0 Å². The number of likely N-dealkylation sites (tertiary alicyclic amines) is 1. The van der Waals surface area contributed by atoms with Crippen molar-refractivity contribution >= 4 is 23.2 Å². The Bertz CT molecular complexity index is 409. The summed E-state index contributed by atoms with van der Waals surface area (Å²) in [4.78, 5) is 25.4. The zero-order valence-corrected chi connectivity index (χ0v) is 10.4. The van der Waals surface area contributed by atoms with Crippen LogP contribution in [0.4, 0.5) is 0 Å². The van der Waals surface area contributed by atoms with Gasteiger partial charge in [0.2, 0.25) is 5.91 Å². The number of hydrogen-bond acceptors (Lipinski definition) is 3. The Morgan fingerprint density at radius 2 is 2.29 bits per heavy atom. The van der Waals surface area contributed by atoms with Crippen molar-refractivity contribution in [2.75, 3.05) is 13.1 Å². The van der Waals surface area contributed by atoms with E-state index in [9.17, 15) is 9.59 Å². The van der Waals surface area contributed by atoms with Crippen LogP contribution in [-0.4, -0.2) is 35.0 Å². The molecule has 1 aliphatic rings. The van der Waals surface area contributed by atoms with E-state index in [1.807, 2.05) is 17.5 Å². The van der Waals surface area contributed by atoms with E-state index in [-0.39, 0.29) is 17.7 Å². The summed E-state index contributed by atoms with van der Waals surface area (Å²) in [5.74, 6) is -0.929. The van der Waals surface area contributed by atoms with E-state index >= 15 is 0 Å². The van der Waals surface area contributed by atoms with Crippen molar-refractivity contribution in [3.63, 3.8) is 0 Å². The Balaban J connectivity index is 1.80. The van der Waals surface area contributed by atoms with Gasteiger partial charge in [0, 0.05) is 23.9 Å². The molecule has 1 aromatic rings. The highest BCUT2D eigenvalue weighted by atomic mass is 32.1. The van der Waals surface area contributed by atoms with E-state index < -0.39 is 5.97 Å². The Morgan fingerprint density at radius 1 is 1.59 bits per heavy atom. The molecule has 1 aromatic heterocycles. The van der Waals surface area contributed by atoms with Gasteiger partial charge in [-0.15, -0.1) is 11.3 Å². The van der Waals surface area contributed by atoms with Crippen LogP contribution in [0.2, 0.25) is 0 Å². The number of rotatable bonds is 4.